The maximum atomic E-state index is 13.2. The average molecular weight is 196 g/mol. The molecule has 14 heavy (non-hydrogen) atoms. The van der Waals surface area contributed by atoms with Gasteiger partial charge in [0.25, 0.3) is 5.69 Å². The minimum atomic E-state index is -0.672. The minimum absolute atomic E-state index is 0.0121. The van der Waals surface area contributed by atoms with E-state index in [0.29, 0.717) is 0 Å². The lowest BCUT2D eigenvalue weighted by Gasteiger charge is -2.04. The number of nitrogens with zero attached hydrogens (tertiary/aromatic N) is 1. The smallest absolute Gasteiger partial charge is 0.279 e. The summed E-state index contributed by atoms with van der Waals surface area (Å²) in [6.07, 6.45) is 0. The Kier molecular flexibility index (Phi) is 2.93. The standard InChI is InChI=1S/C9H9FN2O2/c1-6(5-11)9-7(10)3-2-4-8(9)12(13)14/h2-4H,1,5,11H2. The Hall–Kier alpha value is -1.75. The summed E-state index contributed by atoms with van der Waals surface area (Å²) in [4.78, 5) is 9.90. The van der Waals surface area contributed by atoms with E-state index in [4.69, 9.17) is 5.73 Å². The van der Waals surface area contributed by atoms with Gasteiger partial charge in [0.15, 0.2) is 0 Å². The molecule has 0 spiro atoms. The molecule has 1 aromatic carbocycles. The van der Waals surface area contributed by atoms with Crippen LogP contribution in [0.25, 0.3) is 5.57 Å². The summed E-state index contributed by atoms with van der Waals surface area (Å²) < 4.78 is 13.2. The number of halogens is 1. The van der Waals surface area contributed by atoms with Crippen molar-refractivity contribution in [3.8, 4) is 0 Å². The van der Waals surface area contributed by atoms with Crippen LogP contribution in [0.2, 0.25) is 0 Å². The van der Waals surface area contributed by atoms with Crippen molar-refractivity contribution in [3.63, 3.8) is 0 Å². The third-order valence-corrected chi connectivity index (χ3v) is 1.79. The molecule has 0 aliphatic carbocycles. The summed E-state index contributed by atoms with van der Waals surface area (Å²) in [7, 11) is 0. The average Bonchev–Trinajstić information content (AvgIpc) is 2.16. The Labute approximate surface area is 80.0 Å². The van der Waals surface area contributed by atoms with Gasteiger partial charge in [-0.25, -0.2) is 4.39 Å². The molecule has 74 valence electrons. The van der Waals surface area contributed by atoms with Crippen LogP contribution in [-0.4, -0.2) is 11.5 Å². The SMILES string of the molecule is C=C(CN)c1c(F)cccc1[N+](=O)[O-]. The molecule has 0 unspecified atom stereocenters. The first-order chi connectivity index (χ1) is 6.57. The van der Waals surface area contributed by atoms with Crippen LogP contribution in [0.1, 0.15) is 5.56 Å². The normalized spacial score (nSPS) is 9.86. The molecular formula is C9H9FN2O2. The van der Waals surface area contributed by atoms with E-state index in [1.807, 2.05) is 0 Å². The van der Waals surface area contributed by atoms with Crippen molar-refractivity contribution in [2.24, 2.45) is 5.73 Å². The molecule has 2 N–H and O–H groups in total. The molecule has 1 rings (SSSR count). The fraction of sp³-hybridized carbons (Fsp3) is 0.111. The van der Waals surface area contributed by atoms with Crippen molar-refractivity contribution in [1.29, 1.82) is 0 Å². The van der Waals surface area contributed by atoms with Crippen molar-refractivity contribution in [1.82, 2.24) is 0 Å². The highest BCUT2D eigenvalue weighted by molar-refractivity contribution is 5.72. The lowest BCUT2D eigenvalue weighted by atomic mass is 10.1. The summed E-state index contributed by atoms with van der Waals surface area (Å²) >= 11 is 0. The number of rotatable bonds is 3. The largest absolute Gasteiger partial charge is 0.326 e. The number of hydrogen-bond donors (Lipinski definition) is 1. The van der Waals surface area contributed by atoms with Crippen molar-refractivity contribution in [2.45, 2.75) is 0 Å². The van der Waals surface area contributed by atoms with E-state index in [2.05, 4.69) is 6.58 Å². The van der Waals surface area contributed by atoms with Crippen LogP contribution >= 0.6 is 0 Å². The molecule has 1 aromatic rings. The number of nitrogens with two attached hydrogens (primary N) is 1. The summed E-state index contributed by atoms with van der Waals surface area (Å²) in [5.41, 5.74) is 5.05. The van der Waals surface area contributed by atoms with E-state index in [1.165, 1.54) is 12.1 Å². The topological polar surface area (TPSA) is 69.2 Å². The second-order valence-corrected chi connectivity index (χ2v) is 2.70. The highest BCUT2D eigenvalue weighted by Gasteiger charge is 2.18. The van der Waals surface area contributed by atoms with E-state index >= 15 is 0 Å². The van der Waals surface area contributed by atoms with E-state index in [-0.39, 0.29) is 23.4 Å². The first kappa shape index (κ1) is 10.3. The Balaban J connectivity index is 3.36. The molecule has 0 amide bonds. The Morgan fingerprint density at radius 2 is 2.29 bits per heavy atom. The fourth-order valence-corrected chi connectivity index (χ4v) is 1.12. The van der Waals surface area contributed by atoms with Gasteiger partial charge < -0.3 is 5.73 Å². The van der Waals surface area contributed by atoms with Gasteiger partial charge in [0.2, 0.25) is 0 Å². The molecule has 5 heteroatoms. The molecule has 0 saturated carbocycles. The summed E-state index contributed by atoms with van der Waals surface area (Å²) in [6.45, 7) is 3.47. The molecule has 0 aliphatic rings. The zero-order valence-electron chi connectivity index (χ0n) is 7.37. The lowest BCUT2D eigenvalue weighted by molar-refractivity contribution is -0.385. The van der Waals surface area contributed by atoms with Crippen LogP contribution in [0.4, 0.5) is 10.1 Å². The number of hydrogen-bond acceptors (Lipinski definition) is 3. The Morgan fingerprint density at radius 1 is 1.64 bits per heavy atom. The molecule has 0 saturated heterocycles. The van der Waals surface area contributed by atoms with Gasteiger partial charge in [0.1, 0.15) is 5.82 Å². The van der Waals surface area contributed by atoms with E-state index in [1.54, 1.807) is 0 Å². The Morgan fingerprint density at radius 3 is 2.79 bits per heavy atom. The maximum absolute atomic E-state index is 13.2. The van der Waals surface area contributed by atoms with Crippen LogP contribution in [0, 0.1) is 15.9 Å². The van der Waals surface area contributed by atoms with Gasteiger partial charge in [-0.2, -0.15) is 0 Å². The predicted molar refractivity (Wildman–Crippen MR) is 51.1 cm³/mol. The van der Waals surface area contributed by atoms with Gasteiger partial charge in [0.05, 0.1) is 10.5 Å². The van der Waals surface area contributed by atoms with Crippen LogP contribution in [0.3, 0.4) is 0 Å². The lowest BCUT2D eigenvalue weighted by Crippen LogP contribution is -2.05. The third-order valence-electron chi connectivity index (χ3n) is 1.79. The predicted octanol–water partition coefficient (Wildman–Crippen LogP) is 1.71. The second-order valence-electron chi connectivity index (χ2n) is 2.70. The monoisotopic (exact) mass is 196 g/mol. The molecular weight excluding hydrogens is 187 g/mol. The molecule has 0 aliphatic heterocycles. The molecule has 0 radical (unpaired) electrons. The van der Waals surface area contributed by atoms with E-state index in [9.17, 15) is 14.5 Å². The van der Waals surface area contributed by atoms with Gasteiger partial charge in [-0.15, -0.1) is 0 Å². The first-order valence-electron chi connectivity index (χ1n) is 3.89. The van der Waals surface area contributed by atoms with E-state index in [0.717, 1.165) is 6.07 Å². The van der Waals surface area contributed by atoms with Crippen molar-refractivity contribution in [3.05, 3.63) is 46.3 Å². The molecule has 4 nitrogen and oxygen atoms in total. The van der Waals surface area contributed by atoms with Crippen LogP contribution in [-0.2, 0) is 0 Å². The molecule has 0 bridgehead atoms. The third kappa shape index (κ3) is 1.77. The van der Waals surface area contributed by atoms with Crippen molar-refractivity contribution < 1.29 is 9.31 Å². The van der Waals surface area contributed by atoms with Crippen LogP contribution in [0.5, 0.6) is 0 Å². The fourth-order valence-electron chi connectivity index (χ4n) is 1.12. The highest BCUT2D eigenvalue weighted by atomic mass is 19.1. The minimum Gasteiger partial charge on any atom is -0.326 e. The van der Waals surface area contributed by atoms with Crippen molar-refractivity contribution in [2.75, 3.05) is 6.54 Å². The van der Waals surface area contributed by atoms with Crippen LogP contribution < -0.4 is 5.73 Å². The summed E-state index contributed by atoms with van der Waals surface area (Å²) in [5, 5.41) is 10.6. The summed E-state index contributed by atoms with van der Waals surface area (Å²) in [6, 6.07) is 3.64. The zero-order chi connectivity index (χ0) is 10.7. The molecule has 0 fully saturated rings. The van der Waals surface area contributed by atoms with Crippen molar-refractivity contribution >= 4 is 11.3 Å². The maximum Gasteiger partial charge on any atom is 0.279 e. The first-order valence-corrected chi connectivity index (χ1v) is 3.89. The van der Waals surface area contributed by atoms with Gasteiger partial charge >= 0.3 is 0 Å². The quantitative estimate of drug-likeness (QED) is 0.591. The van der Waals surface area contributed by atoms with Gasteiger partial charge in [-0.3, -0.25) is 10.1 Å². The van der Waals surface area contributed by atoms with Gasteiger partial charge in [-0.1, -0.05) is 12.6 Å². The molecule has 0 aromatic heterocycles. The highest BCUT2D eigenvalue weighted by Crippen LogP contribution is 2.26. The summed E-state index contributed by atoms with van der Waals surface area (Å²) in [5.74, 6) is -0.672. The number of nitro groups is 1. The van der Waals surface area contributed by atoms with E-state index < -0.39 is 10.7 Å². The Bertz CT molecular complexity index is 390. The second kappa shape index (κ2) is 3.97. The van der Waals surface area contributed by atoms with Gasteiger partial charge in [0, 0.05) is 12.6 Å². The van der Waals surface area contributed by atoms with Crippen LogP contribution in [0.15, 0.2) is 24.8 Å². The molecule has 0 atom stereocenters. The number of benzene rings is 1. The molecule has 0 heterocycles. The number of nitro benzene ring substituents is 1. The van der Waals surface area contributed by atoms with Gasteiger partial charge in [-0.05, 0) is 11.6 Å². The zero-order valence-corrected chi connectivity index (χ0v) is 7.37.